The Kier molecular flexibility index (Phi) is 7.34. The molecule has 2 rings (SSSR count). The van der Waals surface area contributed by atoms with Crippen molar-refractivity contribution in [2.45, 2.75) is 40.5 Å². The predicted octanol–water partition coefficient (Wildman–Crippen LogP) is 4.58. The molecule has 0 aliphatic heterocycles. The Morgan fingerprint density at radius 2 is 1.93 bits per heavy atom. The van der Waals surface area contributed by atoms with Crippen molar-refractivity contribution in [1.82, 2.24) is 0 Å². The number of hydrogen-bond donors (Lipinski definition) is 1. The van der Waals surface area contributed by atoms with Crippen molar-refractivity contribution < 1.29 is 23.9 Å². The largest absolute Gasteiger partial charge is 0.484 e. The smallest absolute Gasteiger partial charge is 0.341 e. The monoisotopic (exact) mass is 403 g/mol. The predicted molar refractivity (Wildman–Crippen MR) is 110 cm³/mol. The van der Waals surface area contributed by atoms with Crippen LogP contribution in [-0.4, -0.2) is 30.9 Å². The highest BCUT2D eigenvalue weighted by Gasteiger charge is 2.25. The Morgan fingerprint density at radius 3 is 2.54 bits per heavy atom. The molecular formula is C21H25NO5S. The van der Waals surface area contributed by atoms with E-state index in [1.165, 1.54) is 6.92 Å². The zero-order valence-corrected chi connectivity index (χ0v) is 17.6. The molecule has 0 aliphatic carbocycles. The molecule has 7 heteroatoms. The fraction of sp³-hybridized carbons (Fsp3) is 0.381. The molecule has 1 aromatic heterocycles. The summed E-state index contributed by atoms with van der Waals surface area (Å²) in [7, 11) is 0. The summed E-state index contributed by atoms with van der Waals surface area (Å²) in [5.41, 5.74) is 1.84. The minimum absolute atomic E-state index is 0.171. The number of ether oxygens (including phenoxy) is 2. The Hall–Kier alpha value is -2.67. The summed E-state index contributed by atoms with van der Waals surface area (Å²) < 4.78 is 10.6. The summed E-state index contributed by atoms with van der Waals surface area (Å²) in [6.45, 7) is 8.93. The summed E-state index contributed by atoms with van der Waals surface area (Å²) >= 11 is 1.07. The minimum Gasteiger partial charge on any atom is -0.484 e. The van der Waals surface area contributed by atoms with Crippen LogP contribution in [0.4, 0.5) is 5.00 Å². The normalized spacial score (nSPS) is 10.6. The van der Waals surface area contributed by atoms with E-state index in [2.05, 4.69) is 19.2 Å². The number of amides is 1. The molecule has 6 nitrogen and oxygen atoms in total. The van der Waals surface area contributed by atoms with Gasteiger partial charge in [-0.05, 0) is 49.9 Å². The summed E-state index contributed by atoms with van der Waals surface area (Å²) in [5, 5.41) is 2.97. The molecule has 0 saturated carbocycles. The molecule has 0 bridgehead atoms. The lowest BCUT2D eigenvalue weighted by molar-refractivity contribution is -0.118. The van der Waals surface area contributed by atoms with Gasteiger partial charge >= 0.3 is 5.97 Å². The maximum Gasteiger partial charge on any atom is 0.341 e. The van der Waals surface area contributed by atoms with Crippen LogP contribution in [0.2, 0.25) is 0 Å². The molecule has 1 heterocycles. The number of carbonyl (C=O) groups is 3. The van der Waals surface area contributed by atoms with E-state index < -0.39 is 11.9 Å². The molecule has 0 atom stereocenters. The number of esters is 1. The van der Waals surface area contributed by atoms with Gasteiger partial charge in [-0.2, -0.15) is 0 Å². The highest BCUT2D eigenvalue weighted by Crippen LogP contribution is 2.34. The van der Waals surface area contributed by atoms with Gasteiger partial charge in [-0.3, -0.25) is 9.59 Å². The molecule has 0 aliphatic rings. The van der Waals surface area contributed by atoms with Crippen molar-refractivity contribution in [2.75, 3.05) is 18.5 Å². The summed E-state index contributed by atoms with van der Waals surface area (Å²) in [5.74, 6) is -0.209. The van der Waals surface area contributed by atoms with Crippen LogP contribution in [0.15, 0.2) is 24.3 Å². The van der Waals surface area contributed by atoms with Crippen LogP contribution in [-0.2, 0) is 9.53 Å². The number of thiophene rings is 1. The topological polar surface area (TPSA) is 81.7 Å². The number of carbonyl (C=O) groups excluding carboxylic acids is 3. The van der Waals surface area contributed by atoms with E-state index in [0.29, 0.717) is 27.1 Å². The number of ketones is 1. The van der Waals surface area contributed by atoms with E-state index in [0.717, 1.165) is 16.9 Å². The third-order valence-electron chi connectivity index (χ3n) is 4.09. The van der Waals surface area contributed by atoms with Crippen molar-refractivity contribution in [3.8, 4) is 5.75 Å². The van der Waals surface area contributed by atoms with Gasteiger partial charge in [0.05, 0.1) is 17.0 Å². The fourth-order valence-corrected chi connectivity index (χ4v) is 3.77. The van der Waals surface area contributed by atoms with E-state index in [-0.39, 0.29) is 24.6 Å². The van der Waals surface area contributed by atoms with Gasteiger partial charge in [0.15, 0.2) is 12.4 Å². The van der Waals surface area contributed by atoms with Crippen LogP contribution in [0.3, 0.4) is 0 Å². The minimum atomic E-state index is -0.565. The average Bonchev–Trinajstić information content (AvgIpc) is 2.96. The van der Waals surface area contributed by atoms with Crippen LogP contribution in [0.5, 0.6) is 5.75 Å². The zero-order chi connectivity index (χ0) is 20.8. The molecular weight excluding hydrogens is 378 g/mol. The van der Waals surface area contributed by atoms with Gasteiger partial charge in [-0.15, -0.1) is 11.3 Å². The molecule has 0 fully saturated rings. The SMILES string of the molecule is CCOC(=O)c1c(NC(=O)COc2cccc(C(C)C)c2)sc(C(C)=O)c1C. The number of benzene rings is 1. The molecule has 1 amide bonds. The molecule has 0 unspecified atom stereocenters. The molecule has 0 radical (unpaired) electrons. The molecule has 2 aromatic rings. The number of rotatable bonds is 8. The van der Waals surface area contributed by atoms with Crippen LogP contribution in [0.25, 0.3) is 0 Å². The first-order valence-corrected chi connectivity index (χ1v) is 9.90. The number of anilines is 1. The highest BCUT2D eigenvalue weighted by atomic mass is 32.1. The molecule has 1 N–H and O–H groups in total. The third-order valence-corrected chi connectivity index (χ3v) is 5.40. The maximum atomic E-state index is 12.4. The van der Waals surface area contributed by atoms with E-state index in [1.54, 1.807) is 19.9 Å². The first-order valence-electron chi connectivity index (χ1n) is 9.08. The van der Waals surface area contributed by atoms with Gasteiger partial charge in [-0.25, -0.2) is 4.79 Å². The second-order valence-corrected chi connectivity index (χ2v) is 7.62. The number of nitrogens with one attached hydrogen (secondary N) is 1. The lowest BCUT2D eigenvalue weighted by atomic mass is 10.0. The Morgan fingerprint density at radius 1 is 1.21 bits per heavy atom. The summed E-state index contributed by atoms with van der Waals surface area (Å²) in [4.78, 5) is 36.9. The van der Waals surface area contributed by atoms with Crippen molar-refractivity contribution in [3.05, 3.63) is 45.8 Å². The first-order chi connectivity index (χ1) is 13.2. The van der Waals surface area contributed by atoms with Crippen LogP contribution in [0, 0.1) is 6.92 Å². The molecule has 150 valence electrons. The lowest BCUT2D eigenvalue weighted by Gasteiger charge is -2.10. The first kappa shape index (κ1) is 21.6. The van der Waals surface area contributed by atoms with E-state index >= 15 is 0 Å². The fourth-order valence-electron chi connectivity index (χ4n) is 2.66. The van der Waals surface area contributed by atoms with Crippen LogP contribution in [0.1, 0.15) is 64.8 Å². The van der Waals surface area contributed by atoms with E-state index in [4.69, 9.17) is 9.47 Å². The maximum absolute atomic E-state index is 12.4. The molecule has 0 spiro atoms. The van der Waals surface area contributed by atoms with Crippen LogP contribution >= 0.6 is 11.3 Å². The van der Waals surface area contributed by atoms with Gasteiger partial charge in [0.25, 0.3) is 5.91 Å². The Labute approximate surface area is 168 Å². The summed E-state index contributed by atoms with van der Waals surface area (Å²) in [6, 6.07) is 7.56. The third kappa shape index (κ3) is 5.19. The van der Waals surface area contributed by atoms with Gasteiger partial charge in [0, 0.05) is 0 Å². The van der Waals surface area contributed by atoms with Crippen molar-refractivity contribution in [2.24, 2.45) is 0 Å². The zero-order valence-electron chi connectivity index (χ0n) is 16.8. The quantitative estimate of drug-likeness (QED) is 0.515. The molecule has 28 heavy (non-hydrogen) atoms. The van der Waals surface area contributed by atoms with E-state index in [9.17, 15) is 14.4 Å². The Balaban J connectivity index is 2.14. The van der Waals surface area contributed by atoms with Crippen molar-refractivity contribution >= 4 is 34.0 Å². The molecule has 0 saturated heterocycles. The van der Waals surface area contributed by atoms with E-state index in [1.807, 2.05) is 18.2 Å². The van der Waals surface area contributed by atoms with Gasteiger partial charge in [0.1, 0.15) is 10.8 Å². The summed E-state index contributed by atoms with van der Waals surface area (Å²) in [6.07, 6.45) is 0. The van der Waals surface area contributed by atoms with Crippen molar-refractivity contribution in [1.29, 1.82) is 0 Å². The number of Topliss-reactive ketones (excluding diaryl/α,β-unsaturated/α-hetero) is 1. The average molecular weight is 404 g/mol. The van der Waals surface area contributed by atoms with Gasteiger partial charge < -0.3 is 14.8 Å². The Bertz CT molecular complexity index is 885. The second kappa shape index (κ2) is 9.50. The van der Waals surface area contributed by atoms with Crippen molar-refractivity contribution in [3.63, 3.8) is 0 Å². The highest BCUT2D eigenvalue weighted by molar-refractivity contribution is 7.18. The molecule has 1 aromatic carbocycles. The van der Waals surface area contributed by atoms with Gasteiger partial charge in [0.2, 0.25) is 0 Å². The number of hydrogen-bond acceptors (Lipinski definition) is 6. The lowest BCUT2D eigenvalue weighted by Crippen LogP contribution is -2.21. The standard InChI is InChI=1S/C21H25NO5S/c1-6-26-21(25)18-13(4)19(14(5)23)28-20(18)22-17(24)11-27-16-9-7-8-15(10-16)12(2)3/h7-10,12H,6,11H2,1-5H3,(H,22,24). The van der Waals surface area contributed by atoms with Gasteiger partial charge in [-0.1, -0.05) is 26.0 Å². The second-order valence-electron chi connectivity index (χ2n) is 6.60. The van der Waals surface area contributed by atoms with Crippen LogP contribution < -0.4 is 10.1 Å².